The normalized spacial score (nSPS) is 9.07. The molecule has 0 unspecified atom stereocenters. The van der Waals surface area contributed by atoms with E-state index >= 15 is 0 Å². The molecule has 0 spiro atoms. The van der Waals surface area contributed by atoms with Crippen molar-refractivity contribution in [2.75, 3.05) is 13.2 Å². The van der Waals surface area contributed by atoms with Crippen molar-refractivity contribution < 1.29 is 59.0 Å². The highest BCUT2D eigenvalue weighted by Gasteiger charge is 2.00. The molecule has 0 saturated carbocycles. The molecule has 0 aromatic heterocycles. The van der Waals surface area contributed by atoms with Crippen LogP contribution in [0.5, 0.6) is 0 Å². The number of ketones is 2. The van der Waals surface area contributed by atoms with Crippen LogP contribution < -0.4 is 0 Å². The third-order valence-electron chi connectivity index (χ3n) is 2.17. The van der Waals surface area contributed by atoms with Crippen molar-refractivity contribution in [1.82, 2.24) is 0 Å². The molecule has 0 bridgehead atoms. The highest BCUT2D eigenvalue weighted by molar-refractivity contribution is 5.77. The molecule has 12 nitrogen and oxygen atoms in total. The van der Waals surface area contributed by atoms with Gasteiger partial charge in [0.1, 0.15) is 13.2 Å². The van der Waals surface area contributed by atoms with Crippen LogP contribution in [-0.2, 0) is 38.5 Å². The van der Waals surface area contributed by atoms with Crippen LogP contribution in [0.1, 0.15) is 52.4 Å². The predicted octanol–water partition coefficient (Wildman–Crippen LogP) is 0.764. The van der Waals surface area contributed by atoms with Gasteiger partial charge in [-0.2, -0.15) is 0 Å². The molecule has 0 radical (unpaired) electrons. The number of carbonyl (C=O) groups excluding carboxylic acids is 2. The summed E-state index contributed by atoms with van der Waals surface area (Å²) in [5.41, 5.74) is 0. The summed E-state index contributed by atoms with van der Waals surface area (Å²) in [7, 11) is 0. The van der Waals surface area contributed by atoms with Crippen LogP contribution in [0.4, 0.5) is 0 Å². The van der Waals surface area contributed by atoms with Gasteiger partial charge in [-0.15, -0.1) is 0 Å². The molecule has 4 N–H and O–H groups in total. The highest BCUT2D eigenvalue weighted by Crippen LogP contribution is 1.94. The van der Waals surface area contributed by atoms with Gasteiger partial charge in [0.05, 0.1) is 0 Å². The van der Waals surface area contributed by atoms with Gasteiger partial charge in [-0.05, 0) is 26.7 Å². The van der Waals surface area contributed by atoms with Crippen LogP contribution in [-0.4, -0.2) is 69.1 Å². The highest BCUT2D eigenvalue weighted by atomic mass is 17.2. The van der Waals surface area contributed by atoms with Crippen molar-refractivity contribution in [3.63, 3.8) is 0 Å². The summed E-state index contributed by atoms with van der Waals surface area (Å²) < 4.78 is 0. The minimum absolute atomic E-state index is 0.0632. The van der Waals surface area contributed by atoms with Crippen molar-refractivity contribution >= 4 is 35.4 Å². The number of aliphatic carboxylic acids is 4. The predicted molar refractivity (Wildman–Crippen MR) is 91.5 cm³/mol. The van der Waals surface area contributed by atoms with E-state index in [1.807, 2.05) is 0 Å². The lowest BCUT2D eigenvalue weighted by atomic mass is 10.2. The maximum Gasteiger partial charge on any atom is 0.303 e. The maximum absolute atomic E-state index is 10.2. The smallest absolute Gasteiger partial charge is 0.303 e. The summed E-state index contributed by atoms with van der Waals surface area (Å²) >= 11 is 0. The molecule has 0 heterocycles. The van der Waals surface area contributed by atoms with Crippen LogP contribution in [0.25, 0.3) is 0 Å². The SMILES string of the molecule is CC(=O)COOCC(C)=O.O=C(O)CCCC(=O)O.O=C(O)CCCC(=O)O. The Bertz CT molecular complexity index is 438. The Kier molecular flexibility index (Phi) is 21.8. The summed E-state index contributed by atoms with van der Waals surface area (Å²) in [6, 6.07) is 0. The topological polar surface area (TPSA) is 202 Å². The van der Waals surface area contributed by atoms with Gasteiger partial charge < -0.3 is 20.4 Å². The summed E-state index contributed by atoms with van der Waals surface area (Å²) in [4.78, 5) is 68.2. The van der Waals surface area contributed by atoms with Crippen LogP contribution >= 0.6 is 0 Å². The molecule has 0 aliphatic heterocycles. The zero-order valence-corrected chi connectivity index (χ0v) is 15.7. The van der Waals surface area contributed by atoms with Crippen LogP contribution in [0.15, 0.2) is 0 Å². The number of hydrogen-bond acceptors (Lipinski definition) is 8. The first-order valence-electron chi connectivity index (χ1n) is 7.98. The molecule has 0 aromatic carbocycles. The van der Waals surface area contributed by atoms with Gasteiger partial charge in [-0.3, -0.25) is 28.8 Å². The van der Waals surface area contributed by atoms with Gasteiger partial charge in [-0.25, -0.2) is 9.78 Å². The standard InChI is InChI=1S/C6H10O4.2C5H8O4/c1-5(7)3-9-10-4-6(2)8;2*6-4(7)2-1-3-5(8)9/h3-4H2,1-2H3;2*1-3H2,(H,6,7)(H,8,9). The van der Waals surface area contributed by atoms with E-state index in [1.54, 1.807) is 0 Å². The number of hydrogen-bond donors (Lipinski definition) is 4. The Hall–Kier alpha value is -2.86. The molecule has 12 heteroatoms. The average molecular weight is 410 g/mol. The number of carbonyl (C=O) groups is 6. The van der Waals surface area contributed by atoms with E-state index in [0.717, 1.165) is 0 Å². The first kappa shape index (κ1) is 29.9. The molecule has 0 fully saturated rings. The zero-order valence-electron chi connectivity index (χ0n) is 15.7. The molecule has 0 amide bonds. The van der Waals surface area contributed by atoms with Crippen molar-refractivity contribution in [3.8, 4) is 0 Å². The summed E-state index contributed by atoms with van der Waals surface area (Å²) in [5.74, 6) is -4.06. The van der Waals surface area contributed by atoms with Gasteiger partial charge >= 0.3 is 23.9 Å². The van der Waals surface area contributed by atoms with Gasteiger partial charge in [0.15, 0.2) is 11.6 Å². The maximum atomic E-state index is 10.2. The number of rotatable bonds is 13. The Labute approximate surface area is 161 Å². The van der Waals surface area contributed by atoms with E-state index in [1.165, 1.54) is 13.8 Å². The number of Topliss-reactive ketones (excluding diaryl/α,β-unsaturated/α-hetero) is 2. The molecule has 0 saturated heterocycles. The zero-order chi connectivity index (χ0) is 22.5. The minimum atomic E-state index is -0.948. The molecule has 0 aliphatic rings. The third-order valence-corrected chi connectivity index (χ3v) is 2.17. The van der Waals surface area contributed by atoms with E-state index in [0.29, 0.717) is 0 Å². The lowest BCUT2D eigenvalue weighted by Crippen LogP contribution is -2.09. The van der Waals surface area contributed by atoms with Crippen LogP contribution in [0.2, 0.25) is 0 Å². The quantitative estimate of drug-likeness (QED) is 0.189. The van der Waals surface area contributed by atoms with E-state index in [4.69, 9.17) is 20.4 Å². The molecule has 0 rings (SSSR count). The lowest BCUT2D eigenvalue weighted by Gasteiger charge is -1.97. The van der Waals surface area contributed by atoms with Gasteiger partial charge in [-0.1, -0.05) is 0 Å². The fourth-order valence-corrected chi connectivity index (χ4v) is 1.03. The van der Waals surface area contributed by atoms with Gasteiger partial charge in [0.25, 0.3) is 0 Å². The molecule has 0 atom stereocenters. The summed E-state index contributed by atoms with van der Waals surface area (Å²) in [6.45, 7) is 2.54. The molecule has 0 aromatic rings. The fraction of sp³-hybridized carbons (Fsp3) is 0.625. The molecule has 162 valence electrons. The Morgan fingerprint density at radius 2 is 0.750 bits per heavy atom. The van der Waals surface area contributed by atoms with Gasteiger partial charge in [0, 0.05) is 25.7 Å². The molecule has 28 heavy (non-hydrogen) atoms. The van der Waals surface area contributed by atoms with Crippen molar-refractivity contribution in [1.29, 1.82) is 0 Å². The molecular weight excluding hydrogens is 384 g/mol. The second-order valence-electron chi connectivity index (χ2n) is 5.21. The summed E-state index contributed by atoms with van der Waals surface area (Å²) in [6.07, 6.45) is 0.173. The lowest BCUT2D eigenvalue weighted by molar-refractivity contribution is -0.282. The van der Waals surface area contributed by atoms with Crippen molar-refractivity contribution in [3.05, 3.63) is 0 Å². The summed E-state index contributed by atoms with van der Waals surface area (Å²) in [5, 5.41) is 32.1. The number of carboxylic acid groups (broad SMARTS) is 4. The van der Waals surface area contributed by atoms with Crippen molar-refractivity contribution in [2.45, 2.75) is 52.4 Å². The Balaban J connectivity index is -0.000000336. The van der Waals surface area contributed by atoms with E-state index < -0.39 is 23.9 Å². The average Bonchev–Trinajstić information content (AvgIpc) is 2.51. The van der Waals surface area contributed by atoms with Crippen LogP contribution in [0.3, 0.4) is 0 Å². The van der Waals surface area contributed by atoms with Crippen LogP contribution in [0, 0.1) is 0 Å². The first-order chi connectivity index (χ1) is 12.9. The van der Waals surface area contributed by atoms with Gasteiger partial charge in [0.2, 0.25) is 0 Å². The largest absolute Gasteiger partial charge is 0.481 e. The molecule has 0 aliphatic carbocycles. The Morgan fingerprint density at radius 3 is 0.893 bits per heavy atom. The second-order valence-corrected chi connectivity index (χ2v) is 5.21. The van der Waals surface area contributed by atoms with Crippen molar-refractivity contribution in [2.24, 2.45) is 0 Å². The monoisotopic (exact) mass is 410 g/mol. The first-order valence-corrected chi connectivity index (χ1v) is 7.98. The Morgan fingerprint density at radius 1 is 0.536 bits per heavy atom. The third kappa shape index (κ3) is 43.5. The number of carboxylic acids is 4. The fourth-order valence-electron chi connectivity index (χ4n) is 1.03. The molecular formula is C16H26O12. The minimum Gasteiger partial charge on any atom is -0.481 e. The second kappa shape index (κ2) is 20.5. The van der Waals surface area contributed by atoms with E-state index in [-0.39, 0.29) is 63.3 Å². The van der Waals surface area contributed by atoms with E-state index in [9.17, 15) is 28.8 Å². The van der Waals surface area contributed by atoms with E-state index in [2.05, 4.69) is 9.78 Å².